The lowest BCUT2D eigenvalue weighted by molar-refractivity contribution is 0.0980. The Balaban J connectivity index is 2.51. The van der Waals surface area contributed by atoms with Crippen LogP contribution in [0.3, 0.4) is 0 Å². The van der Waals surface area contributed by atoms with Gasteiger partial charge in [0.1, 0.15) is 0 Å². The Kier molecular flexibility index (Phi) is 2.94. The summed E-state index contributed by atoms with van der Waals surface area (Å²) >= 11 is 0. The topological polar surface area (TPSA) is 38.7 Å². The Hall–Kier alpha value is -1.22. The molecule has 0 aliphatic carbocycles. The first-order valence-corrected chi connectivity index (χ1v) is 3.71. The van der Waals surface area contributed by atoms with Crippen LogP contribution in [0, 0.1) is 0 Å². The van der Waals surface area contributed by atoms with Gasteiger partial charge in [-0.25, -0.2) is 0 Å². The molecule has 0 aromatic rings. The van der Waals surface area contributed by atoms with Crippen molar-refractivity contribution in [2.75, 3.05) is 6.79 Å². The first-order chi connectivity index (χ1) is 5.70. The molecule has 12 heavy (non-hydrogen) atoms. The predicted octanol–water partition coefficient (Wildman–Crippen LogP) is 1.33. The van der Waals surface area contributed by atoms with Crippen molar-refractivity contribution in [2.45, 2.75) is 13.0 Å². The fraction of sp³-hybridized carbons (Fsp3) is 0.333. The number of aliphatic hydroxyl groups is 1. The quantitative estimate of drug-likeness (QED) is 0.676. The number of ether oxygens (including phenoxy) is 2. The highest BCUT2D eigenvalue weighted by molar-refractivity contribution is 5.23. The van der Waals surface area contributed by atoms with Gasteiger partial charge in [-0.05, 0) is 13.0 Å². The van der Waals surface area contributed by atoms with E-state index in [1.54, 1.807) is 25.2 Å². The Morgan fingerprint density at radius 1 is 1.58 bits per heavy atom. The molecule has 1 aliphatic rings. The molecule has 1 aliphatic heterocycles. The van der Waals surface area contributed by atoms with Crippen molar-refractivity contribution in [1.82, 2.24) is 0 Å². The number of hydrogen-bond donors (Lipinski definition) is 1. The van der Waals surface area contributed by atoms with E-state index in [0.717, 1.165) is 0 Å². The largest absolute Gasteiger partial charge is 0.454 e. The summed E-state index contributed by atoms with van der Waals surface area (Å²) in [6, 6.07) is 0. The van der Waals surface area contributed by atoms with Crippen molar-refractivity contribution in [3.8, 4) is 0 Å². The Morgan fingerprint density at radius 3 is 2.83 bits per heavy atom. The van der Waals surface area contributed by atoms with Crippen LogP contribution in [0.25, 0.3) is 0 Å². The van der Waals surface area contributed by atoms with Crippen molar-refractivity contribution in [2.24, 2.45) is 0 Å². The second-order valence-corrected chi connectivity index (χ2v) is 2.49. The molecule has 66 valence electrons. The molecule has 0 radical (unpaired) electrons. The highest BCUT2D eigenvalue weighted by atomic mass is 16.7. The molecule has 1 saturated heterocycles. The van der Waals surface area contributed by atoms with Gasteiger partial charge in [0.05, 0.1) is 6.10 Å². The van der Waals surface area contributed by atoms with E-state index in [-0.39, 0.29) is 6.79 Å². The van der Waals surface area contributed by atoms with Crippen LogP contribution in [0.4, 0.5) is 0 Å². The zero-order valence-corrected chi connectivity index (χ0v) is 6.99. The van der Waals surface area contributed by atoms with Crippen molar-refractivity contribution in [1.29, 1.82) is 0 Å². The average molecular weight is 168 g/mol. The van der Waals surface area contributed by atoms with Gasteiger partial charge in [0.25, 0.3) is 0 Å². The standard InChI is InChI=1S/C9H12O3/c1-7(10)4-3-5-9-8(2)11-6-12-9/h3-5,7,10H,2,6H2,1H3/b4-3+,9-5+. The van der Waals surface area contributed by atoms with E-state index in [1.165, 1.54) is 0 Å². The third-order valence-electron chi connectivity index (χ3n) is 1.36. The summed E-state index contributed by atoms with van der Waals surface area (Å²) < 4.78 is 10.00. The van der Waals surface area contributed by atoms with Crippen molar-refractivity contribution in [3.05, 3.63) is 36.3 Å². The smallest absolute Gasteiger partial charge is 0.231 e. The lowest BCUT2D eigenvalue weighted by Crippen LogP contribution is -1.91. The number of aliphatic hydroxyl groups excluding tert-OH is 1. The Labute approximate surface area is 71.6 Å². The summed E-state index contributed by atoms with van der Waals surface area (Å²) in [7, 11) is 0. The van der Waals surface area contributed by atoms with Crippen molar-refractivity contribution in [3.63, 3.8) is 0 Å². The molecule has 3 nitrogen and oxygen atoms in total. The van der Waals surface area contributed by atoms with Crippen LogP contribution in [0.5, 0.6) is 0 Å². The van der Waals surface area contributed by atoms with Gasteiger partial charge in [-0.1, -0.05) is 18.7 Å². The molecule has 3 heteroatoms. The van der Waals surface area contributed by atoms with Gasteiger partial charge >= 0.3 is 0 Å². The van der Waals surface area contributed by atoms with Gasteiger partial charge in [-0.15, -0.1) is 0 Å². The summed E-state index contributed by atoms with van der Waals surface area (Å²) in [6.07, 6.45) is 4.61. The summed E-state index contributed by atoms with van der Waals surface area (Å²) in [5.41, 5.74) is 0. The zero-order chi connectivity index (χ0) is 8.97. The van der Waals surface area contributed by atoms with E-state index in [9.17, 15) is 0 Å². The zero-order valence-electron chi connectivity index (χ0n) is 6.99. The average Bonchev–Trinajstić information content (AvgIpc) is 2.36. The van der Waals surface area contributed by atoms with Gasteiger partial charge < -0.3 is 14.6 Å². The monoisotopic (exact) mass is 168 g/mol. The van der Waals surface area contributed by atoms with Crippen LogP contribution in [0.2, 0.25) is 0 Å². The molecule has 1 unspecified atom stereocenters. The van der Waals surface area contributed by atoms with Crippen LogP contribution in [-0.4, -0.2) is 18.0 Å². The van der Waals surface area contributed by atoms with Crippen LogP contribution >= 0.6 is 0 Å². The van der Waals surface area contributed by atoms with Gasteiger partial charge in [-0.2, -0.15) is 0 Å². The lowest BCUT2D eigenvalue weighted by atomic mass is 10.3. The normalized spacial score (nSPS) is 22.8. The van der Waals surface area contributed by atoms with E-state index in [4.69, 9.17) is 14.6 Å². The summed E-state index contributed by atoms with van der Waals surface area (Å²) in [6.45, 7) is 5.53. The maximum Gasteiger partial charge on any atom is 0.231 e. The fourth-order valence-corrected chi connectivity index (χ4v) is 0.761. The van der Waals surface area contributed by atoms with Crippen LogP contribution in [0.1, 0.15) is 6.92 Å². The van der Waals surface area contributed by atoms with Crippen LogP contribution in [0.15, 0.2) is 36.3 Å². The molecule has 0 aromatic carbocycles. The second-order valence-electron chi connectivity index (χ2n) is 2.49. The second kappa shape index (κ2) is 3.97. The highest BCUT2D eigenvalue weighted by Crippen LogP contribution is 2.18. The molecule has 0 amide bonds. The number of rotatable bonds is 2. The fourth-order valence-electron chi connectivity index (χ4n) is 0.761. The third-order valence-corrected chi connectivity index (χ3v) is 1.36. The third kappa shape index (κ3) is 2.43. The van der Waals surface area contributed by atoms with Crippen molar-refractivity contribution >= 4 is 0 Å². The summed E-state index contributed by atoms with van der Waals surface area (Å²) in [5.74, 6) is 1.15. The van der Waals surface area contributed by atoms with Crippen molar-refractivity contribution < 1.29 is 14.6 Å². The summed E-state index contributed by atoms with van der Waals surface area (Å²) in [5, 5.41) is 8.88. The van der Waals surface area contributed by atoms with Gasteiger partial charge in [0, 0.05) is 0 Å². The van der Waals surface area contributed by atoms with Gasteiger partial charge in [0.2, 0.25) is 6.79 Å². The SMILES string of the molecule is C=C1OCO/C1=C/C=C/C(C)O. The van der Waals surface area contributed by atoms with Gasteiger partial charge in [0.15, 0.2) is 11.5 Å². The van der Waals surface area contributed by atoms with Crippen LogP contribution in [-0.2, 0) is 9.47 Å². The minimum absolute atomic E-state index is 0.229. The van der Waals surface area contributed by atoms with E-state index >= 15 is 0 Å². The minimum Gasteiger partial charge on any atom is -0.454 e. The maximum absolute atomic E-state index is 8.88. The summed E-state index contributed by atoms with van der Waals surface area (Å²) in [4.78, 5) is 0. The number of hydrogen-bond acceptors (Lipinski definition) is 3. The Bertz CT molecular complexity index is 226. The molecule has 0 bridgehead atoms. The molecule has 0 spiro atoms. The van der Waals surface area contributed by atoms with E-state index < -0.39 is 6.10 Å². The van der Waals surface area contributed by atoms with E-state index in [1.807, 2.05) is 0 Å². The predicted molar refractivity (Wildman–Crippen MR) is 45.1 cm³/mol. The lowest BCUT2D eigenvalue weighted by Gasteiger charge is -1.92. The molecule has 1 N–H and O–H groups in total. The molecular weight excluding hydrogens is 156 g/mol. The first-order valence-electron chi connectivity index (χ1n) is 3.71. The molecule has 1 atom stereocenters. The number of allylic oxidation sites excluding steroid dienone is 2. The molecule has 1 fully saturated rings. The Morgan fingerprint density at radius 2 is 2.33 bits per heavy atom. The molecule has 1 rings (SSSR count). The van der Waals surface area contributed by atoms with Gasteiger partial charge in [-0.3, -0.25) is 0 Å². The maximum atomic E-state index is 8.88. The molecule has 0 saturated carbocycles. The first kappa shape index (κ1) is 8.87. The van der Waals surface area contributed by atoms with E-state index in [2.05, 4.69) is 6.58 Å². The van der Waals surface area contributed by atoms with Crippen LogP contribution < -0.4 is 0 Å². The highest BCUT2D eigenvalue weighted by Gasteiger charge is 2.11. The minimum atomic E-state index is -0.447. The molecular formula is C9H12O3. The molecule has 1 heterocycles. The van der Waals surface area contributed by atoms with E-state index in [0.29, 0.717) is 11.5 Å². The molecule has 0 aromatic heterocycles.